The number of nitrogens with two attached hydrogens (primary N) is 6. The van der Waals surface area contributed by atoms with E-state index in [9.17, 15) is 53.2 Å². The van der Waals surface area contributed by atoms with Gasteiger partial charge in [-0.1, -0.05) is 72.6 Å². The largest absolute Gasteiger partial charge is 0.685 e. The number of aryl methyl sites for hydroxylation is 2. The van der Waals surface area contributed by atoms with Gasteiger partial charge in [0.05, 0.1) is 30.1 Å². The van der Waals surface area contributed by atoms with E-state index >= 15 is 0 Å². The summed E-state index contributed by atoms with van der Waals surface area (Å²) in [5.74, 6) is -6.89. The average Bonchev–Trinajstić information content (AvgIpc) is 1.53. The number of hydrogen-bond acceptors (Lipinski definition) is 15. The minimum absolute atomic E-state index is 0. The molecule has 0 spiro atoms. The van der Waals surface area contributed by atoms with Gasteiger partial charge in [0.15, 0.2) is 6.23 Å². The molecule has 5 fully saturated rings. The Hall–Kier alpha value is -5.61. The van der Waals surface area contributed by atoms with Crippen molar-refractivity contribution in [3.63, 3.8) is 0 Å². The van der Waals surface area contributed by atoms with Crippen LogP contribution in [0.1, 0.15) is 157 Å². The van der Waals surface area contributed by atoms with Crippen LogP contribution in [0.15, 0.2) is 29.7 Å². The van der Waals surface area contributed by atoms with Gasteiger partial charge in [-0.05, 0) is 110 Å². The Kier molecular flexibility index (Phi) is 24.1. The van der Waals surface area contributed by atoms with Crippen LogP contribution >= 0.6 is 7.82 Å². The molecule has 7 heterocycles. The Morgan fingerprint density at radius 3 is 1.98 bits per heavy atom. The Bertz CT molecular complexity index is 3240. The van der Waals surface area contributed by atoms with E-state index in [-0.39, 0.29) is 93.4 Å². The zero-order valence-corrected chi connectivity index (χ0v) is 57.0. The third-order valence-corrected chi connectivity index (χ3v) is 23.3. The first-order valence-electron chi connectivity index (χ1n) is 31.6. The van der Waals surface area contributed by atoms with Gasteiger partial charge in [0.25, 0.3) is 0 Å². The molecule has 7 amide bonds. The maximum atomic E-state index is 14.4. The fourth-order valence-electron chi connectivity index (χ4n) is 17.2. The van der Waals surface area contributed by atoms with Crippen LogP contribution in [-0.2, 0) is 68.7 Å². The minimum Gasteiger partial charge on any atom is -0.685 e. The molecule has 1 aromatic heterocycles. The van der Waals surface area contributed by atoms with Crippen molar-refractivity contribution in [3.05, 3.63) is 68.7 Å². The number of phosphoric acid groups is 1. The van der Waals surface area contributed by atoms with Crippen molar-refractivity contribution >= 4 is 60.2 Å². The molecule has 0 saturated carbocycles. The van der Waals surface area contributed by atoms with Crippen LogP contribution in [0.25, 0.3) is 32.3 Å². The molecule has 1 radical (unpaired) electrons. The number of phosphoric ester groups is 1. The molecule has 28 nitrogen and oxygen atoms in total. The van der Waals surface area contributed by atoms with Gasteiger partial charge >= 0.3 is 7.82 Å². The first kappa shape index (κ1) is 76.4. The number of carbonyl (C=O) groups excluding carboxylic acids is 7. The van der Waals surface area contributed by atoms with Crippen LogP contribution in [0.4, 0.5) is 0 Å². The number of carbonyl (C=O) groups is 7. The van der Waals surface area contributed by atoms with E-state index in [1.54, 1.807) is 4.57 Å². The second-order valence-electron chi connectivity index (χ2n) is 28.4. The fraction of sp³-hybridized carbons (Fsp3) is 0.730. The van der Waals surface area contributed by atoms with Crippen molar-refractivity contribution in [2.45, 2.75) is 226 Å². The van der Waals surface area contributed by atoms with Crippen molar-refractivity contribution in [3.8, 4) is 0 Å². The number of aliphatic hydroxyl groups excluding tert-OH is 2. The number of aromatic nitrogens is 2. The number of imidazole rings is 1. The predicted molar refractivity (Wildman–Crippen MR) is 338 cm³/mol. The Morgan fingerprint density at radius 2 is 1.41 bits per heavy atom. The van der Waals surface area contributed by atoms with E-state index in [1.807, 2.05) is 67.5 Å². The molecule has 5 saturated heterocycles. The number of fused-ring (bicyclic) bond motifs is 10. The second kappa shape index (κ2) is 29.4. The number of primary amides is 6. The summed E-state index contributed by atoms with van der Waals surface area (Å²) >= 11 is 0. The van der Waals surface area contributed by atoms with Gasteiger partial charge < -0.3 is 97.2 Å². The number of aliphatic hydroxyl groups is 2. The van der Waals surface area contributed by atoms with Crippen LogP contribution in [-0.4, -0.2) is 145 Å². The van der Waals surface area contributed by atoms with Crippen LogP contribution in [0.3, 0.4) is 0 Å². The minimum atomic E-state index is -5.06. The standard InChI is InChI=1S/C62H96N13O14P.CN.Co/c1-29-20-39-40(21-30(29)2)75(28-70-39)57-52(84)53(41(27-76)87-57)89-90(85,86)88-31(3)26-69-49(83)18-19-59(8)37(22-46(66)80)56-62(11)61(10,25-48(68)82)36(14-17-45(65)79)51(74-62)33(5)55-60(9,24-47(67)81)34(12-15-43(63)77)38(71-55)23-42-58(6,7)35(13-16-44(64)78)50(72-42)32(4)54(59)73-56;1-2;/h20-21,28,31,33-38,41-42,50-53,55-57,76,84H,12-19,22-27H2,1-11H3,(H2,63,77)(H2,64,78)(H2,65,79)(H2,66,80)(H2,67,81)(H2,68,82)(H,69,83)(H,85,86);;/q-4;-1;/b54-32-;;/t31-,33+,34-,35-,36-,37+,38+,41-,42+,50-,51-,52-,53-,55-,56-,57+,59-,60+,61+,62+;;/m1../s1. The van der Waals surface area contributed by atoms with Gasteiger partial charge in [0.2, 0.25) is 41.4 Å². The van der Waals surface area contributed by atoms with Crippen molar-refractivity contribution in [2.24, 2.45) is 85.7 Å². The van der Waals surface area contributed by atoms with Crippen LogP contribution in [0.2, 0.25) is 0 Å². The number of allylic oxidation sites excluding steroid dienone is 1. The smallest absolute Gasteiger partial charge is 0.472 e. The zero-order valence-electron chi connectivity index (χ0n) is 55.1. The molecule has 2 aromatic rings. The molecule has 6 aliphatic heterocycles. The summed E-state index contributed by atoms with van der Waals surface area (Å²) in [6.07, 6.45) is -5.03. The quantitative estimate of drug-likeness (QED) is 0.0456. The van der Waals surface area contributed by atoms with Crippen molar-refractivity contribution in [1.29, 1.82) is 5.26 Å². The molecule has 521 valence electrons. The number of amides is 7. The summed E-state index contributed by atoms with van der Waals surface area (Å²) in [5.41, 5.74) is 35.2. The molecule has 16 N–H and O–H groups in total. The summed E-state index contributed by atoms with van der Waals surface area (Å²) in [5, 5.41) is 53.7. The van der Waals surface area contributed by atoms with Crippen LogP contribution in [0.5, 0.6) is 0 Å². The summed E-state index contributed by atoms with van der Waals surface area (Å²) in [6, 6.07) is -0.206. The van der Waals surface area contributed by atoms with Crippen molar-refractivity contribution in [1.82, 2.24) is 14.9 Å². The van der Waals surface area contributed by atoms with Gasteiger partial charge in [-0.2, -0.15) is 5.70 Å². The third kappa shape index (κ3) is 15.2. The Balaban J connectivity index is 0.00000453. The summed E-state index contributed by atoms with van der Waals surface area (Å²) in [4.78, 5) is 109. The summed E-state index contributed by atoms with van der Waals surface area (Å²) in [7, 11) is -5.06. The molecule has 93 heavy (non-hydrogen) atoms. The molecular formula is C63H96CoN14O14P-5. The molecule has 30 heteroatoms. The Morgan fingerprint density at radius 1 is 0.828 bits per heavy atom. The molecule has 8 bridgehead atoms. The first-order valence-corrected chi connectivity index (χ1v) is 33.1. The number of nitrogens with one attached hydrogen (secondary N) is 1. The number of nitrogens with zero attached hydrogens (tertiary/aromatic N) is 7. The SMILES string of the molecule is C/C1=C2/[N-][C@H]([C@H](CC(N)=O)[C@@]2(C)CCC(=O)NC[C@@H](C)OP(=O)(O)O[C@H]2[C@@H](O)[C@@H](n3cnc4cc(C)c(C)cc43)O[C@@H]2CO)[C@]2(C)[N-][C@H]([C@H](C)[C@H]3[N-][C@@H](C[C@@H]4[N-][C@H]1[C@@H](CCC(N)=O)C4(C)C)[C@@H](CCC(N)=O)[C@]3(C)CC(N)=O)[C@@H](CCC(N)=O)[C@]2(C)CC(N)=O.[C-]#N.[Co]. The average molecular weight is 1360 g/mol. The van der Waals surface area contributed by atoms with Crippen molar-refractivity contribution < 1.29 is 83.8 Å². The normalized spacial score (nSPS) is 36.8. The molecule has 8 rings (SSSR count). The summed E-state index contributed by atoms with van der Waals surface area (Å²) < 4.78 is 32.3. The Labute approximate surface area is 554 Å². The molecule has 1 unspecified atom stereocenters. The van der Waals surface area contributed by atoms with E-state index in [1.165, 1.54) is 13.3 Å². The van der Waals surface area contributed by atoms with E-state index in [2.05, 4.69) is 24.1 Å². The van der Waals surface area contributed by atoms with Crippen molar-refractivity contribution in [2.75, 3.05) is 13.2 Å². The molecule has 0 aliphatic carbocycles. The van der Waals surface area contributed by atoms with E-state index < -0.39 is 174 Å². The topological polar surface area (TPSA) is 491 Å². The predicted octanol–water partition coefficient (Wildman–Crippen LogP) is 4.55. The van der Waals surface area contributed by atoms with E-state index in [0.29, 0.717) is 35.1 Å². The maximum absolute atomic E-state index is 14.4. The van der Waals surface area contributed by atoms with Gasteiger partial charge in [0.1, 0.15) is 18.3 Å². The summed E-state index contributed by atoms with van der Waals surface area (Å²) in [6.45, 7) is 24.7. The second-order valence-corrected chi connectivity index (χ2v) is 29.7. The number of benzene rings is 1. The van der Waals surface area contributed by atoms with Gasteiger partial charge in [-0.15, -0.1) is 47.4 Å². The number of ether oxygens (including phenoxy) is 1. The molecular weight excluding hydrogens is 1270 g/mol. The molecule has 6 aliphatic rings. The number of rotatable bonds is 26. The van der Waals surface area contributed by atoms with Gasteiger partial charge in [-0.3, -0.25) is 42.6 Å². The van der Waals surface area contributed by atoms with Gasteiger partial charge in [0, 0.05) is 68.3 Å². The fourth-order valence-corrected chi connectivity index (χ4v) is 18.3. The maximum Gasteiger partial charge on any atom is 0.472 e. The van der Waals surface area contributed by atoms with Crippen LogP contribution in [0, 0.1) is 76.9 Å². The van der Waals surface area contributed by atoms with E-state index in [4.69, 9.17) is 81.3 Å². The van der Waals surface area contributed by atoms with E-state index in [0.717, 1.165) is 11.1 Å². The monoisotopic (exact) mass is 1360 g/mol. The third-order valence-electron chi connectivity index (χ3n) is 22.2. The number of hydrogen-bond donors (Lipinski definition) is 10. The van der Waals surface area contributed by atoms with Gasteiger partial charge in [-0.25, -0.2) is 9.55 Å². The zero-order chi connectivity index (χ0) is 68.7. The van der Waals surface area contributed by atoms with Crippen LogP contribution < -0.4 is 39.7 Å². The molecule has 21 atom stereocenters. The first-order chi connectivity index (χ1) is 42.8. The molecule has 1 aromatic carbocycles.